The van der Waals surface area contributed by atoms with Gasteiger partial charge in [0.25, 0.3) is 5.91 Å². The summed E-state index contributed by atoms with van der Waals surface area (Å²) in [5, 5.41) is 0. The third-order valence-corrected chi connectivity index (χ3v) is 6.62. The zero-order chi connectivity index (χ0) is 20.1. The molecule has 0 N–H and O–H groups in total. The lowest BCUT2D eigenvalue weighted by molar-refractivity contribution is -0.134. The second kappa shape index (κ2) is 8.70. The maximum atomic E-state index is 13.4. The average Bonchev–Trinajstić information content (AvgIpc) is 2.72. The summed E-state index contributed by atoms with van der Waals surface area (Å²) in [5.74, 6) is -0.0984. The van der Waals surface area contributed by atoms with Crippen LogP contribution in [0.5, 0.6) is 5.75 Å². The van der Waals surface area contributed by atoms with E-state index in [0.717, 1.165) is 18.1 Å². The van der Waals surface area contributed by atoms with Crippen molar-refractivity contribution in [2.24, 2.45) is 0 Å². The van der Waals surface area contributed by atoms with E-state index in [1.54, 1.807) is 4.90 Å². The summed E-state index contributed by atoms with van der Waals surface area (Å²) in [7, 11) is -3.77. The Hall–Kier alpha value is -2.45. The van der Waals surface area contributed by atoms with E-state index >= 15 is 0 Å². The Kier molecular flexibility index (Phi) is 6.31. The molecule has 0 aliphatic carbocycles. The molecule has 0 bridgehead atoms. The molecule has 6 nitrogen and oxygen atoms in total. The molecule has 1 fully saturated rings. The molecule has 0 radical (unpaired) electrons. The first-order valence-corrected chi connectivity index (χ1v) is 10.6. The number of carbonyl (C=O) groups is 1. The minimum absolute atomic E-state index is 0.0771. The van der Waals surface area contributed by atoms with Crippen LogP contribution < -0.4 is 4.74 Å². The molecule has 2 aromatic carbocycles. The van der Waals surface area contributed by atoms with Gasteiger partial charge in [-0.25, -0.2) is 12.8 Å². The highest BCUT2D eigenvalue weighted by Gasteiger charge is 2.30. The number of piperazine rings is 1. The number of para-hydroxylation sites is 1. The average molecular weight is 406 g/mol. The molecule has 1 heterocycles. The lowest BCUT2D eigenvalue weighted by atomic mass is 10.1. The van der Waals surface area contributed by atoms with E-state index in [1.807, 2.05) is 31.2 Å². The highest BCUT2D eigenvalue weighted by Crippen LogP contribution is 2.20. The lowest BCUT2D eigenvalue weighted by Crippen LogP contribution is -2.51. The SMILES string of the molecule is CCc1ccccc1OCC(=O)N1CCN(S(=O)(=O)c2cccc(F)c2)CC1. The molecule has 1 saturated heterocycles. The van der Waals surface area contributed by atoms with Crippen LogP contribution in [0.25, 0.3) is 0 Å². The molecule has 1 aliphatic heterocycles. The van der Waals surface area contributed by atoms with Crippen LogP contribution in [0.3, 0.4) is 0 Å². The first-order valence-electron chi connectivity index (χ1n) is 9.16. The minimum atomic E-state index is -3.77. The number of hydrogen-bond acceptors (Lipinski definition) is 4. The van der Waals surface area contributed by atoms with Gasteiger partial charge < -0.3 is 9.64 Å². The van der Waals surface area contributed by atoms with Crippen molar-refractivity contribution >= 4 is 15.9 Å². The number of rotatable bonds is 6. The molecule has 0 atom stereocenters. The second-order valence-corrected chi connectivity index (χ2v) is 8.43. The molecular weight excluding hydrogens is 383 g/mol. The molecule has 8 heteroatoms. The van der Waals surface area contributed by atoms with E-state index in [4.69, 9.17) is 4.74 Å². The first kappa shape index (κ1) is 20.3. The summed E-state index contributed by atoms with van der Waals surface area (Å²) in [4.78, 5) is 13.9. The molecule has 0 aromatic heterocycles. The lowest BCUT2D eigenvalue weighted by Gasteiger charge is -2.34. The Morgan fingerprint density at radius 2 is 1.79 bits per heavy atom. The molecule has 0 unspecified atom stereocenters. The third kappa shape index (κ3) is 4.51. The van der Waals surface area contributed by atoms with E-state index in [-0.39, 0.29) is 43.6 Å². The van der Waals surface area contributed by atoms with E-state index in [0.29, 0.717) is 5.75 Å². The number of nitrogens with zero attached hydrogens (tertiary/aromatic N) is 2. The fraction of sp³-hybridized carbons (Fsp3) is 0.350. The number of sulfonamides is 1. The van der Waals surface area contributed by atoms with E-state index in [9.17, 15) is 17.6 Å². The van der Waals surface area contributed by atoms with Crippen LogP contribution in [0.4, 0.5) is 4.39 Å². The third-order valence-electron chi connectivity index (χ3n) is 4.73. The smallest absolute Gasteiger partial charge is 0.260 e. The van der Waals surface area contributed by atoms with Gasteiger partial charge in [-0.15, -0.1) is 0 Å². The van der Waals surface area contributed by atoms with Gasteiger partial charge in [-0.05, 0) is 36.2 Å². The zero-order valence-corrected chi connectivity index (χ0v) is 16.5. The maximum Gasteiger partial charge on any atom is 0.260 e. The highest BCUT2D eigenvalue weighted by molar-refractivity contribution is 7.89. The van der Waals surface area contributed by atoms with Crippen LogP contribution in [0.2, 0.25) is 0 Å². The van der Waals surface area contributed by atoms with Crippen molar-refractivity contribution < 1.29 is 22.3 Å². The second-order valence-electron chi connectivity index (χ2n) is 6.49. The number of benzene rings is 2. The molecule has 0 saturated carbocycles. The van der Waals surface area contributed by atoms with Gasteiger partial charge >= 0.3 is 0 Å². The number of aryl methyl sites for hydroxylation is 1. The van der Waals surface area contributed by atoms with Crippen molar-refractivity contribution in [1.82, 2.24) is 9.21 Å². The van der Waals surface area contributed by atoms with Crippen LogP contribution in [0, 0.1) is 5.82 Å². The topological polar surface area (TPSA) is 66.9 Å². The fourth-order valence-electron chi connectivity index (χ4n) is 3.12. The fourth-order valence-corrected chi connectivity index (χ4v) is 4.58. The van der Waals surface area contributed by atoms with E-state index in [2.05, 4.69) is 0 Å². The van der Waals surface area contributed by atoms with Crippen molar-refractivity contribution in [3.63, 3.8) is 0 Å². The quantitative estimate of drug-likeness (QED) is 0.738. The summed E-state index contributed by atoms with van der Waals surface area (Å²) >= 11 is 0. The van der Waals surface area contributed by atoms with Gasteiger partial charge in [0, 0.05) is 26.2 Å². The van der Waals surface area contributed by atoms with E-state index < -0.39 is 15.8 Å². The van der Waals surface area contributed by atoms with Crippen LogP contribution >= 0.6 is 0 Å². The molecule has 2 aromatic rings. The zero-order valence-electron chi connectivity index (χ0n) is 15.7. The Balaban J connectivity index is 1.57. The number of ether oxygens (including phenoxy) is 1. The standard InChI is InChI=1S/C20H23FN2O4S/c1-2-16-6-3-4-9-19(16)27-15-20(24)22-10-12-23(13-11-22)28(25,26)18-8-5-7-17(21)14-18/h3-9,14H,2,10-13,15H2,1H3. The normalized spacial score (nSPS) is 15.4. The largest absolute Gasteiger partial charge is 0.483 e. The molecule has 150 valence electrons. The number of halogens is 1. The Morgan fingerprint density at radius 1 is 1.07 bits per heavy atom. The van der Waals surface area contributed by atoms with Crippen molar-refractivity contribution in [1.29, 1.82) is 0 Å². The van der Waals surface area contributed by atoms with Gasteiger partial charge in [-0.1, -0.05) is 31.2 Å². The van der Waals surface area contributed by atoms with Gasteiger partial charge in [-0.2, -0.15) is 4.31 Å². The summed E-state index contributed by atoms with van der Waals surface area (Å²) in [5.41, 5.74) is 1.03. The molecule has 28 heavy (non-hydrogen) atoms. The molecule has 1 amide bonds. The number of carbonyl (C=O) groups excluding carboxylic acids is 1. The van der Waals surface area contributed by atoms with Gasteiger partial charge in [0.15, 0.2) is 6.61 Å². The Morgan fingerprint density at radius 3 is 2.46 bits per heavy atom. The summed E-state index contributed by atoms with van der Waals surface area (Å²) < 4.78 is 45.5. The van der Waals surface area contributed by atoms with Crippen molar-refractivity contribution in [3.8, 4) is 5.75 Å². The summed E-state index contributed by atoms with van der Waals surface area (Å²) in [6, 6.07) is 12.5. The monoisotopic (exact) mass is 406 g/mol. The van der Waals surface area contributed by atoms with Crippen LogP contribution in [-0.4, -0.2) is 56.3 Å². The minimum Gasteiger partial charge on any atom is -0.483 e. The molecular formula is C20H23FN2O4S. The molecule has 1 aliphatic rings. The first-order chi connectivity index (χ1) is 13.4. The van der Waals surface area contributed by atoms with Gasteiger partial charge in [-0.3, -0.25) is 4.79 Å². The van der Waals surface area contributed by atoms with Gasteiger partial charge in [0.05, 0.1) is 4.90 Å². The predicted octanol–water partition coefficient (Wildman–Crippen LogP) is 2.30. The number of hydrogen-bond donors (Lipinski definition) is 0. The molecule has 3 rings (SSSR count). The van der Waals surface area contributed by atoms with Crippen molar-refractivity contribution in [3.05, 3.63) is 59.9 Å². The van der Waals surface area contributed by atoms with Crippen LogP contribution in [0.15, 0.2) is 53.4 Å². The van der Waals surface area contributed by atoms with Gasteiger partial charge in [0.2, 0.25) is 10.0 Å². The highest BCUT2D eigenvalue weighted by atomic mass is 32.2. The predicted molar refractivity (Wildman–Crippen MR) is 103 cm³/mol. The van der Waals surface area contributed by atoms with Crippen molar-refractivity contribution in [2.75, 3.05) is 32.8 Å². The summed E-state index contributed by atoms with van der Waals surface area (Å²) in [6.07, 6.45) is 0.807. The number of amides is 1. The Bertz CT molecular complexity index is 941. The van der Waals surface area contributed by atoms with Crippen LogP contribution in [0.1, 0.15) is 12.5 Å². The summed E-state index contributed by atoms with van der Waals surface area (Å²) in [6.45, 7) is 2.79. The molecule has 0 spiro atoms. The Labute approximate surface area is 164 Å². The maximum absolute atomic E-state index is 13.4. The van der Waals surface area contributed by atoms with E-state index in [1.165, 1.54) is 22.5 Å². The van der Waals surface area contributed by atoms with Gasteiger partial charge in [0.1, 0.15) is 11.6 Å². The van der Waals surface area contributed by atoms with Crippen LogP contribution in [-0.2, 0) is 21.2 Å². The van der Waals surface area contributed by atoms with Crippen molar-refractivity contribution in [2.45, 2.75) is 18.2 Å².